The minimum Gasteiger partial charge on any atom is -0.402 e. The van der Waals surface area contributed by atoms with Crippen LogP contribution in [0.25, 0.3) is 16.8 Å². The van der Waals surface area contributed by atoms with E-state index in [1.807, 2.05) is 54.6 Å². The van der Waals surface area contributed by atoms with Gasteiger partial charge in [-0.05, 0) is 40.6 Å². The number of carbonyl (C=O) groups is 1. The Labute approximate surface area is 143 Å². The molecule has 0 aromatic heterocycles. The molecule has 0 unspecified atom stereocenters. The molecule has 1 heterocycles. The van der Waals surface area contributed by atoms with E-state index in [2.05, 4.69) is 4.99 Å². The topological polar surface area (TPSA) is 38.7 Å². The molecular formula is C20H12ClNO2. The molecule has 4 heteroatoms. The lowest BCUT2D eigenvalue weighted by Crippen LogP contribution is -2.05. The summed E-state index contributed by atoms with van der Waals surface area (Å²) < 4.78 is 5.26. The first kappa shape index (κ1) is 14.7. The van der Waals surface area contributed by atoms with Crippen molar-refractivity contribution in [3.63, 3.8) is 0 Å². The number of ether oxygens (including phenoxy) is 1. The van der Waals surface area contributed by atoms with E-state index in [9.17, 15) is 4.79 Å². The van der Waals surface area contributed by atoms with Crippen LogP contribution < -0.4 is 0 Å². The van der Waals surface area contributed by atoms with E-state index in [4.69, 9.17) is 16.3 Å². The van der Waals surface area contributed by atoms with Gasteiger partial charge in [0.05, 0.1) is 10.6 Å². The summed E-state index contributed by atoms with van der Waals surface area (Å²) in [6.45, 7) is 0. The van der Waals surface area contributed by atoms with Gasteiger partial charge in [0.2, 0.25) is 5.90 Å². The average molecular weight is 334 g/mol. The summed E-state index contributed by atoms with van der Waals surface area (Å²) in [5.74, 6) is -0.240. The fraction of sp³-hybridized carbons (Fsp3) is 0. The lowest BCUT2D eigenvalue weighted by Gasteiger charge is -2.00. The molecular weight excluding hydrogens is 322 g/mol. The minimum absolute atomic E-state index is 0.234. The Morgan fingerprint density at radius 2 is 1.67 bits per heavy atom. The van der Waals surface area contributed by atoms with Crippen LogP contribution in [0.2, 0.25) is 5.02 Å². The van der Waals surface area contributed by atoms with Crippen LogP contribution in [0, 0.1) is 0 Å². The molecule has 3 aromatic carbocycles. The minimum atomic E-state index is -0.474. The van der Waals surface area contributed by atoms with Gasteiger partial charge in [-0.25, -0.2) is 9.79 Å². The second kappa shape index (κ2) is 5.95. The van der Waals surface area contributed by atoms with Gasteiger partial charge in [-0.2, -0.15) is 0 Å². The van der Waals surface area contributed by atoms with Gasteiger partial charge < -0.3 is 4.74 Å². The molecule has 0 fully saturated rings. The predicted octanol–water partition coefficient (Wildman–Crippen LogP) is 4.84. The zero-order valence-corrected chi connectivity index (χ0v) is 13.3. The number of halogens is 1. The highest BCUT2D eigenvalue weighted by Crippen LogP contribution is 2.24. The molecule has 0 bridgehead atoms. The maximum absolute atomic E-state index is 12.1. The number of nitrogens with zero attached hydrogens (tertiary/aromatic N) is 1. The molecule has 0 radical (unpaired) electrons. The van der Waals surface area contributed by atoms with Crippen LogP contribution in [0.5, 0.6) is 0 Å². The maximum atomic E-state index is 12.1. The molecule has 24 heavy (non-hydrogen) atoms. The third-order valence-electron chi connectivity index (χ3n) is 3.80. The van der Waals surface area contributed by atoms with Crippen molar-refractivity contribution >= 4 is 40.3 Å². The lowest BCUT2D eigenvalue weighted by molar-refractivity contribution is -0.129. The van der Waals surface area contributed by atoms with E-state index in [0.717, 1.165) is 16.3 Å². The van der Waals surface area contributed by atoms with E-state index in [0.29, 0.717) is 10.6 Å². The Hall–Kier alpha value is -2.91. The first-order valence-corrected chi connectivity index (χ1v) is 7.85. The van der Waals surface area contributed by atoms with Gasteiger partial charge in [0.15, 0.2) is 5.70 Å². The largest absolute Gasteiger partial charge is 0.402 e. The second-order valence-corrected chi connectivity index (χ2v) is 5.83. The highest BCUT2D eigenvalue weighted by atomic mass is 35.5. The van der Waals surface area contributed by atoms with Crippen LogP contribution in [-0.2, 0) is 9.53 Å². The molecule has 3 aromatic rings. The Bertz CT molecular complexity index is 1020. The van der Waals surface area contributed by atoms with Gasteiger partial charge >= 0.3 is 5.97 Å². The van der Waals surface area contributed by atoms with Gasteiger partial charge in [-0.3, -0.25) is 0 Å². The van der Waals surface area contributed by atoms with E-state index in [1.54, 1.807) is 18.2 Å². The third-order valence-corrected chi connectivity index (χ3v) is 4.13. The summed E-state index contributed by atoms with van der Waals surface area (Å²) >= 11 is 6.13. The number of esters is 1. The summed E-state index contributed by atoms with van der Waals surface area (Å²) in [4.78, 5) is 16.4. The highest BCUT2D eigenvalue weighted by Gasteiger charge is 2.25. The van der Waals surface area contributed by atoms with Crippen LogP contribution >= 0.6 is 11.6 Å². The van der Waals surface area contributed by atoms with Crippen molar-refractivity contribution in [1.29, 1.82) is 0 Å². The summed E-state index contributed by atoms with van der Waals surface area (Å²) in [6.07, 6.45) is 1.72. The molecule has 0 aliphatic carbocycles. The molecule has 1 aliphatic heterocycles. The van der Waals surface area contributed by atoms with Gasteiger partial charge in [-0.1, -0.05) is 60.1 Å². The van der Waals surface area contributed by atoms with Gasteiger partial charge in [0.25, 0.3) is 0 Å². The number of rotatable bonds is 2. The number of cyclic esters (lactones) is 1. The van der Waals surface area contributed by atoms with Crippen LogP contribution in [0.1, 0.15) is 11.1 Å². The van der Waals surface area contributed by atoms with Crippen molar-refractivity contribution < 1.29 is 9.53 Å². The van der Waals surface area contributed by atoms with Crippen molar-refractivity contribution in [3.8, 4) is 0 Å². The summed E-state index contributed by atoms with van der Waals surface area (Å²) in [5, 5.41) is 2.75. The van der Waals surface area contributed by atoms with E-state index < -0.39 is 5.97 Å². The molecule has 1 aliphatic rings. The number of hydrogen-bond donors (Lipinski definition) is 0. The molecule has 0 N–H and O–H groups in total. The zero-order valence-electron chi connectivity index (χ0n) is 12.6. The first-order valence-electron chi connectivity index (χ1n) is 7.47. The first-order chi connectivity index (χ1) is 11.7. The standard InChI is InChI=1S/C20H12ClNO2/c21-17-8-4-3-7-16(17)19-22-18(20(23)24-19)12-13-9-10-14-5-1-2-6-15(14)11-13/h1-12H. The van der Waals surface area contributed by atoms with Crippen LogP contribution in [0.4, 0.5) is 0 Å². The molecule has 3 nitrogen and oxygen atoms in total. The predicted molar refractivity (Wildman–Crippen MR) is 96.0 cm³/mol. The molecule has 0 spiro atoms. The van der Waals surface area contributed by atoms with Crippen LogP contribution in [-0.4, -0.2) is 11.9 Å². The Morgan fingerprint density at radius 3 is 2.50 bits per heavy atom. The number of aliphatic imine (C=N–C) groups is 1. The number of carbonyl (C=O) groups excluding carboxylic acids is 1. The molecule has 0 saturated heterocycles. The molecule has 0 atom stereocenters. The molecule has 116 valence electrons. The van der Waals surface area contributed by atoms with Gasteiger partial charge in [0, 0.05) is 0 Å². The van der Waals surface area contributed by atoms with Crippen LogP contribution in [0.3, 0.4) is 0 Å². The van der Waals surface area contributed by atoms with Crippen LogP contribution in [0.15, 0.2) is 77.4 Å². The number of benzene rings is 3. The Morgan fingerprint density at radius 1 is 0.917 bits per heavy atom. The SMILES string of the molecule is O=C1OC(c2ccccc2Cl)=NC1=Cc1ccc2ccccc2c1. The maximum Gasteiger partial charge on any atom is 0.363 e. The molecule has 0 amide bonds. The van der Waals surface area contributed by atoms with E-state index in [-0.39, 0.29) is 11.6 Å². The van der Waals surface area contributed by atoms with Gasteiger partial charge in [0.1, 0.15) is 0 Å². The van der Waals surface area contributed by atoms with E-state index in [1.165, 1.54) is 0 Å². The van der Waals surface area contributed by atoms with Crippen molar-refractivity contribution in [2.75, 3.05) is 0 Å². The fourth-order valence-electron chi connectivity index (χ4n) is 2.61. The van der Waals surface area contributed by atoms with E-state index >= 15 is 0 Å². The normalized spacial score (nSPS) is 15.6. The number of hydrogen-bond acceptors (Lipinski definition) is 3. The van der Waals surface area contributed by atoms with Gasteiger partial charge in [-0.15, -0.1) is 0 Å². The monoisotopic (exact) mass is 333 g/mol. The smallest absolute Gasteiger partial charge is 0.363 e. The number of fused-ring (bicyclic) bond motifs is 1. The highest BCUT2D eigenvalue weighted by molar-refractivity contribution is 6.34. The fourth-order valence-corrected chi connectivity index (χ4v) is 2.83. The quantitative estimate of drug-likeness (QED) is 0.497. The third kappa shape index (κ3) is 2.70. The second-order valence-electron chi connectivity index (χ2n) is 5.42. The van der Waals surface area contributed by atoms with Crippen molar-refractivity contribution in [2.24, 2.45) is 4.99 Å². The summed E-state index contributed by atoms with van der Waals surface area (Å²) in [6, 6.07) is 21.2. The Balaban J connectivity index is 1.73. The Kier molecular flexibility index (Phi) is 3.63. The van der Waals surface area contributed by atoms with Crippen molar-refractivity contribution in [2.45, 2.75) is 0 Å². The summed E-state index contributed by atoms with van der Waals surface area (Å²) in [5.41, 5.74) is 1.76. The average Bonchev–Trinajstić information content (AvgIpc) is 2.96. The van der Waals surface area contributed by atoms with Crippen molar-refractivity contribution in [3.05, 3.63) is 88.6 Å². The zero-order chi connectivity index (χ0) is 16.5. The molecule has 0 saturated carbocycles. The van der Waals surface area contributed by atoms with Crippen molar-refractivity contribution in [1.82, 2.24) is 0 Å². The summed E-state index contributed by atoms with van der Waals surface area (Å²) in [7, 11) is 0. The lowest BCUT2D eigenvalue weighted by atomic mass is 10.1. The molecule has 4 rings (SSSR count).